The lowest BCUT2D eigenvalue weighted by molar-refractivity contribution is 0.0600. The van der Waals surface area contributed by atoms with E-state index >= 15 is 0 Å². The minimum absolute atomic E-state index is 0.0732. The molecule has 1 fully saturated rings. The molecule has 2 rings (SSSR count). The van der Waals surface area contributed by atoms with Crippen molar-refractivity contribution in [3.63, 3.8) is 0 Å². The van der Waals surface area contributed by atoms with Gasteiger partial charge in [0.25, 0.3) is 0 Å². The van der Waals surface area contributed by atoms with Gasteiger partial charge in [0.2, 0.25) is 10.0 Å². The molecule has 0 spiro atoms. The molecule has 0 radical (unpaired) electrons. The van der Waals surface area contributed by atoms with Gasteiger partial charge in [-0.25, -0.2) is 17.9 Å². The van der Waals surface area contributed by atoms with Gasteiger partial charge >= 0.3 is 5.97 Å². The van der Waals surface area contributed by atoms with Crippen LogP contribution < -0.4 is 10.0 Å². The Labute approximate surface area is 128 Å². The number of halogens is 1. The van der Waals surface area contributed by atoms with Crippen molar-refractivity contribution >= 4 is 27.6 Å². The van der Waals surface area contributed by atoms with Crippen molar-refractivity contribution in [1.29, 1.82) is 0 Å². The van der Waals surface area contributed by atoms with Crippen LogP contribution in [0.25, 0.3) is 0 Å². The van der Waals surface area contributed by atoms with Gasteiger partial charge in [-0.3, -0.25) is 0 Å². The molecule has 116 valence electrons. The van der Waals surface area contributed by atoms with Gasteiger partial charge in [-0.2, -0.15) is 0 Å². The molecule has 1 aromatic rings. The van der Waals surface area contributed by atoms with E-state index in [4.69, 9.17) is 11.6 Å². The molecule has 0 amide bonds. The third-order valence-electron chi connectivity index (χ3n) is 3.30. The summed E-state index contributed by atoms with van der Waals surface area (Å²) in [6.45, 7) is 1.53. The van der Waals surface area contributed by atoms with Crippen LogP contribution in [0.1, 0.15) is 23.2 Å². The normalized spacial score (nSPS) is 16.7. The first-order chi connectivity index (χ1) is 9.94. The van der Waals surface area contributed by atoms with Crippen LogP contribution in [0, 0.1) is 0 Å². The highest BCUT2D eigenvalue weighted by atomic mass is 35.5. The molecule has 8 heteroatoms. The summed E-state index contributed by atoms with van der Waals surface area (Å²) in [6.07, 6.45) is 1.43. The van der Waals surface area contributed by atoms with E-state index in [9.17, 15) is 13.2 Å². The Kier molecular flexibility index (Phi) is 5.21. The number of methoxy groups -OCH3 is 1. The van der Waals surface area contributed by atoms with E-state index in [1.807, 2.05) is 0 Å². The Balaban J connectivity index is 2.27. The predicted molar refractivity (Wildman–Crippen MR) is 79.0 cm³/mol. The van der Waals surface area contributed by atoms with E-state index in [2.05, 4.69) is 14.8 Å². The number of sulfonamides is 1. The second kappa shape index (κ2) is 6.74. The van der Waals surface area contributed by atoms with Crippen molar-refractivity contribution in [3.05, 3.63) is 28.8 Å². The van der Waals surface area contributed by atoms with E-state index in [0.717, 1.165) is 13.1 Å². The Morgan fingerprint density at radius 3 is 2.67 bits per heavy atom. The topological polar surface area (TPSA) is 84.5 Å². The second-order valence-corrected chi connectivity index (χ2v) is 6.87. The van der Waals surface area contributed by atoms with Crippen LogP contribution in [0.2, 0.25) is 5.02 Å². The van der Waals surface area contributed by atoms with Crippen molar-refractivity contribution in [2.24, 2.45) is 0 Å². The largest absolute Gasteiger partial charge is 0.465 e. The molecule has 0 aromatic heterocycles. The zero-order valence-electron chi connectivity index (χ0n) is 11.6. The minimum Gasteiger partial charge on any atom is -0.465 e. The van der Waals surface area contributed by atoms with Crippen molar-refractivity contribution in [2.75, 3.05) is 20.2 Å². The lowest BCUT2D eigenvalue weighted by Crippen LogP contribution is -2.42. The summed E-state index contributed by atoms with van der Waals surface area (Å²) >= 11 is 5.96. The molecular formula is C13H17ClN2O4S. The Bertz CT molecular complexity index is 627. The number of benzene rings is 1. The number of piperidine rings is 1. The summed E-state index contributed by atoms with van der Waals surface area (Å²) in [5.74, 6) is -0.606. The summed E-state index contributed by atoms with van der Waals surface area (Å²) < 4.78 is 32.1. The van der Waals surface area contributed by atoms with Gasteiger partial charge in [0.1, 0.15) is 4.90 Å². The summed E-state index contributed by atoms with van der Waals surface area (Å²) in [7, 11) is -2.54. The van der Waals surface area contributed by atoms with Gasteiger partial charge < -0.3 is 10.1 Å². The molecule has 2 N–H and O–H groups in total. The third-order valence-corrected chi connectivity index (χ3v) is 5.30. The van der Waals surface area contributed by atoms with E-state index < -0.39 is 16.0 Å². The smallest absolute Gasteiger partial charge is 0.337 e. The van der Waals surface area contributed by atoms with Crippen LogP contribution in [-0.2, 0) is 14.8 Å². The first kappa shape index (κ1) is 16.2. The molecule has 0 bridgehead atoms. The molecule has 0 aliphatic carbocycles. The molecular weight excluding hydrogens is 316 g/mol. The fourth-order valence-corrected chi connectivity index (χ4v) is 4.01. The molecule has 1 aromatic carbocycles. The number of hydrogen-bond acceptors (Lipinski definition) is 5. The second-order valence-electron chi connectivity index (χ2n) is 4.78. The van der Waals surface area contributed by atoms with Gasteiger partial charge in [-0.1, -0.05) is 11.6 Å². The first-order valence-corrected chi connectivity index (χ1v) is 8.41. The molecule has 1 aliphatic heterocycles. The highest BCUT2D eigenvalue weighted by Crippen LogP contribution is 2.24. The average Bonchev–Trinajstić information content (AvgIpc) is 2.47. The zero-order chi connectivity index (χ0) is 15.5. The number of hydrogen-bond donors (Lipinski definition) is 2. The van der Waals surface area contributed by atoms with Crippen LogP contribution >= 0.6 is 11.6 Å². The highest BCUT2D eigenvalue weighted by Gasteiger charge is 2.24. The third kappa shape index (κ3) is 3.94. The average molecular weight is 333 g/mol. The minimum atomic E-state index is -3.77. The number of carbonyl (C=O) groups is 1. The number of esters is 1. The standard InChI is InChI=1S/C13H17ClN2O4S/c1-20-13(17)9-2-3-11(14)12(8-9)21(18,19)16-10-4-6-15-7-5-10/h2-3,8,10,15-16H,4-7H2,1H3. The monoisotopic (exact) mass is 332 g/mol. The molecule has 1 heterocycles. The van der Waals surface area contributed by atoms with Crippen LogP contribution in [0.15, 0.2) is 23.1 Å². The molecule has 1 saturated heterocycles. The van der Waals surface area contributed by atoms with Gasteiger partial charge in [0.15, 0.2) is 0 Å². The van der Waals surface area contributed by atoms with Crippen molar-refractivity contribution in [1.82, 2.24) is 10.0 Å². The number of carbonyl (C=O) groups excluding carboxylic acids is 1. The summed E-state index contributed by atoms with van der Waals surface area (Å²) in [5, 5.41) is 3.23. The summed E-state index contributed by atoms with van der Waals surface area (Å²) in [6, 6.07) is 3.91. The summed E-state index contributed by atoms with van der Waals surface area (Å²) in [4.78, 5) is 11.4. The van der Waals surface area contributed by atoms with E-state index in [1.165, 1.54) is 25.3 Å². The molecule has 0 saturated carbocycles. The maximum atomic E-state index is 12.4. The van der Waals surface area contributed by atoms with Crippen LogP contribution in [0.4, 0.5) is 0 Å². The highest BCUT2D eigenvalue weighted by molar-refractivity contribution is 7.89. The lowest BCUT2D eigenvalue weighted by Gasteiger charge is -2.23. The van der Waals surface area contributed by atoms with Gasteiger partial charge in [-0.05, 0) is 44.1 Å². The van der Waals surface area contributed by atoms with Gasteiger partial charge in [-0.15, -0.1) is 0 Å². The zero-order valence-corrected chi connectivity index (χ0v) is 13.1. The van der Waals surface area contributed by atoms with Crippen LogP contribution in [0.3, 0.4) is 0 Å². The van der Waals surface area contributed by atoms with Crippen LogP contribution in [-0.4, -0.2) is 40.6 Å². The van der Waals surface area contributed by atoms with Crippen LogP contribution in [0.5, 0.6) is 0 Å². The maximum Gasteiger partial charge on any atom is 0.337 e. The number of ether oxygens (including phenoxy) is 1. The summed E-state index contributed by atoms with van der Waals surface area (Å²) in [5.41, 5.74) is 0.146. The van der Waals surface area contributed by atoms with E-state index in [-0.39, 0.29) is 21.5 Å². The fraction of sp³-hybridized carbons (Fsp3) is 0.462. The molecule has 0 unspecified atom stereocenters. The fourth-order valence-electron chi connectivity index (χ4n) is 2.18. The molecule has 21 heavy (non-hydrogen) atoms. The Hall–Kier alpha value is -1.15. The Morgan fingerprint density at radius 2 is 2.05 bits per heavy atom. The van der Waals surface area contributed by atoms with Crippen molar-refractivity contribution < 1.29 is 17.9 Å². The van der Waals surface area contributed by atoms with E-state index in [0.29, 0.717) is 12.8 Å². The Morgan fingerprint density at radius 1 is 1.38 bits per heavy atom. The lowest BCUT2D eigenvalue weighted by atomic mass is 10.1. The SMILES string of the molecule is COC(=O)c1ccc(Cl)c(S(=O)(=O)NC2CCNCC2)c1. The predicted octanol–water partition coefficient (Wildman–Crippen LogP) is 1.16. The quantitative estimate of drug-likeness (QED) is 0.808. The van der Waals surface area contributed by atoms with Crippen molar-refractivity contribution in [3.8, 4) is 0 Å². The molecule has 6 nitrogen and oxygen atoms in total. The van der Waals surface area contributed by atoms with E-state index in [1.54, 1.807) is 0 Å². The number of nitrogens with one attached hydrogen (secondary N) is 2. The van der Waals surface area contributed by atoms with Gasteiger partial charge in [0, 0.05) is 6.04 Å². The number of rotatable bonds is 4. The molecule has 1 aliphatic rings. The maximum absolute atomic E-state index is 12.4. The van der Waals surface area contributed by atoms with Crippen molar-refractivity contribution in [2.45, 2.75) is 23.8 Å². The first-order valence-electron chi connectivity index (χ1n) is 6.55. The molecule has 0 atom stereocenters. The van der Waals surface area contributed by atoms with Gasteiger partial charge in [0.05, 0.1) is 17.7 Å².